The molecular formula is C22H23ClN2O4. The van der Waals surface area contributed by atoms with Crippen molar-refractivity contribution in [2.24, 2.45) is 0 Å². The molecule has 1 unspecified atom stereocenters. The molecule has 0 spiro atoms. The van der Waals surface area contributed by atoms with E-state index in [4.69, 9.17) is 16.3 Å². The van der Waals surface area contributed by atoms with E-state index in [0.717, 1.165) is 5.56 Å². The number of ether oxygens (including phenoxy) is 1. The molecule has 1 fully saturated rings. The molecule has 1 atom stereocenters. The molecule has 2 aliphatic rings. The van der Waals surface area contributed by atoms with Crippen LogP contribution in [-0.2, 0) is 4.79 Å². The van der Waals surface area contributed by atoms with Crippen molar-refractivity contribution < 1.29 is 19.4 Å². The Kier molecular flexibility index (Phi) is 5.48. The number of benzene rings is 2. The number of hydrogen-bond donors (Lipinski definition) is 1. The molecule has 152 valence electrons. The average molecular weight is 415 g/mol. The molecule has 2 aromatic carbocycles. The van der Waals surface area contributed by atoms with Gasteiger partial charge in [0, 0.05) is 29.4 Å². The summed E-state index contributed by atoms with van der Waals surface area (Å²) in [6.45, 7) is 1.07. The first kappa shape index (κ1) is 19.7. The van der Waals surface area contributed by atoms with Crippen molar-refractivity contribution in [3.63, 3.8) is 0 Å². The van der Waals surface area contributed by atoms with Gasteiger partial charge in [0.25, 0.3) is 5.91 Å². The first-order valence-electron chi connectivity index (χ1n) is 9.71. The van der Waals surface area contributed by atoms with Gasteiger partial charge >= 0.3 is 0 Å². The number of rotatable bonds is 4. The highest BCUT2D eigenvalue weighted by atomic mass is 35.5. The normalized spacial score (nSPS) is 19.4. The maximum absolute atomic E-state index is 13.2. The number of piperidine rings is 1. The summed E-state index contributed by atoms with van der Waals surface area (Å²) < 4.78 is 5.21. The van der Waals surface area contributed by atoms with Crippen molar-refractivity contribution in [2.45, 2.75) is 31.4 Å². The van der Waals surface area contributed by atoms with Crippen LogP contribution in [0, 0.1) is 0 Å². The van der Waals surface area contributed by atoms with Crippen molar-refractivity contribution in [2.75, 3.05) is 25.1 Å². The largest absolute Gasteiger partial charge is 0.497 e. The van der Waals surface area contributed by atoms with Gasteiger partial charge in [0.05, 0.1) is 25.7 Å². The average Bonchev–Trinajstić information content (AvgIpc) is 2.99. The minimum atomic E-state index is -0.427. The van der Waals surface area contributed by atoms with E-state index in [9.17, 15) is 14.7 Å². The molecule has 1 saturated heterocycles. The third kappa shape index (κ3) is 3.82. The fourth-order valence-corrected chi connectivity index (χ4v) is 4.25. The van der Waals surface area contributed by atoms with E-state index in [2.05, 4.69) is 0 Å². The van der Waals surface area contributed by atoms with Crippen molar-refractivity contribution in [1.82, 2.24) is 4.90 Å². The van der Waals surface area contributed by atoms with Crippen LogP contribution in [0.3, 0.4) is 0 Å². The number of nitrogens with zero attached hydrogens (tertiary/aromatic N) is 2. The van der Waals surface area contributed by atoms with Crippen LogP contribution in [0.5, 0.6) is 5.75 Å². The SMILES string of the molecule is COc1ccc(N2C(=O)c3ccc(Cl)cc3C2CC(=O)N2CCC(O)CC2)cc1. The van der Waals surface area contributed by atoms with Crippen LogP contribution in [0.15, 0.2) is 42.5 Å². The van der Waals surface area contributed by atoms with Gasteiger partial charge in [-0.15, -0.1) is 0 Å². The number of hydrogen-bond acceptors (Lipinski definition) is 4. The molecule has 0 radical (unpaired) electrons. The highest BCUT2D eigenvalue weighted by molar-refractivity contribution is 6.31. The van der Waals surface area contributed by atoms with Gasteiger partial charge in [-0.25, -0.2) is 0 Å². The van der Waals surface area contributed by atoms with Crippen LogP contribution in [-0.4, -0.2) is 48.1 Å². The Labute approximate surface area is 174 Å². The summed E-state index contributed by atoms with van der Waals surface area (Å²) in [7, 11) is 1.59. The molecular weight excluding hydrogens is 392 g/mol. The number of carbonyl (C=O) groups excluding carboxylic acids is 2. The maximum atomic E-state index is 13.2. The second-order valence-corrected chi connectivity index (χ2v) is 7.87. The van der Waals surface area contributed by atoms with Gasteiger partial charge in [0.1, 0.15) is 5.75 Å². The highest BCUT2D eigenvalue weighted by Crippen LogP contribution is 2.41. The molecule has 6 nitrogen and oxygen atoms in total. The Hall–Kier alpha value is -2.57. The highest BCUT2D eigenvalue weighted by Gasteiger charge is 2.40. The Balaban J connectivity index is 1.65. The second kappa shape index (κ2) is 8.05. The van der Waals surface area contributed by atoms with Gasteiger partial charge in [0.15, 0.2) is 0 Å². The molecule has 2 amide bonds. The molecule has 2 aliphatic heterocycles. The summed E-state index contributed by atoms with van der Waals surface area (Å²) in [4.78, 5) is 29.6. The van der Waals surface area contributed by atoms with Crippen LogP contribution in [0.1, 0.15) is 41.2 Å². The molecule has 0 saturated carbocycles. The predicted molar refractivity (Wildman–Crippen MR) is 110 cm³/mol. The molecule has 2 aromatic rings. The summed E-state index contributed by atoms with van der Waals surface area (Å²) in [5.74, 6) is 0.523. The lowest BCUT2D eigenvalue weighted by atomic mass is 10.0. The van der Waals surface area contributed by atoms with E-state index >= 15 is 0 Å². The van der Waals surface area contributed by atoms with E-state index in [0.29, 0.717) is 48.0 Å². The quantitative estimate of drug-likeness (QED) is 0.832. The Morgan fingerprint density at radius 1 is 1.17 bits per heavy atom. The van der Waals surface area contributed by atoms with E-state index in [1.807, 2.05) is 12.1 Å². The van der Waals surface area contributed by atoms with Crippen molar-refractivity contribution in [3.05, 3.63) is 58.6 Å². The molecule has 4 rings (SSSR count). The number of carbonyl (C=O) groups is 2. The Morgan fingerprint density at radius 2 is 1.86 bits per heavy atom. The number of aliphatic hydroxyl groups excluding tert-OH is 1. The molecule has 29 heavy (non-hydrogen) atoms. The minimum absolute atomic E-state index is 0.0268. The van der Waals surface area contributed by atoms with Gasteiger partial charge < -0.3 is 19.6 Å². The number of amides is 2. The van der Waals surface area contributed by atoms with E-state index in [1.165, 1.54) is 0 Å². The Morgan fingerprint density at radius 3 is 2.52 bits per heavy atom. The smallest absolute Gasteiger partial charge is 0.259 e. The van der Waals surface area contributed by atoms with Crippen LogP contribution >= 0.6 is 11.6 Å². The predicted octanol–water partition coefficient (Wildman–Crippen LogP) is 3.42. The van der Waals surface area contributed by atoms with Crippen LogP contribution in [0.2, 0.25) is 5.02 Å². The monoisotopic (exact) mass is 414 g/mol. The fraction of sp³-hybridized carbons (Fsp3) is 0.364. The standard InChI is InChI=1S/C22H23ClN2O4/c1-29-17-5-3-15(4-6-17)25-20(13-21(27)24-10-8-16(26)9-11-24)19-12-14(23)2-7-18(19)22(25)28/h2-7,12,16,20,26H,8-11,13H2,1H3. The number of likely N-dealkylation sites (tertiary alicyclic amines) is 1. The molecule has 0 aliphatic carbocycles. The van der Waals surface area contributed by atoms with Gasteiger partial charge in [-0.2, -0.15) is 0 Å². The lowest BCUT2D eigenvalue weighted by Gasteiger charge is -2.32. The van der Waals surface area contributed by atoms with E-state index < -0.39 is 6.04 Å². The molecule has 0 aromatic heterocycles. The molecule has 7 heteroatoms. The molecule has 1 N–H and O–H groups in total. The van der Waals surface area contributed by atoms with Gasteiger partial charge in [-0.3, -0.25) is 9.59 Å². The van der Waals surface area contributed by atoms with Crippen molar-refractivity contribution in [1.29, 1.82) is 0 Å². The van der Waals surface area contributed by atoms with Gasteiger partial charge in [-0.1, -0.05) is 11.6 Å². The third-order valence-corrected chi connectivity index (χ3v) is 5.90. The lowest BCUT2D eigenvalue weighted by molar-refractivity contribution is -0.133. The van der Waals surface area contributed by atoms with Crippen molar-refractivity contribution in [3.8, 4) is 5.75 Å². The zero-order valence-electron chi connectivity index (χ0n) is 16.2. The first-order valence-corrected chi connectivity index (χ1v) is 10.1. The van der Waals surface area contributed by atoms with Crippen molar-refractivity contribution >= 4 is 29.1 Å². The van der Waals surface area contributed by atoms with Crippen LogP contribution < -0.4 is 9.64 Å². The fourth-order valence-electron chi connectivity index (χ4n) is 4.07. The lowest BCUT2D eigenvalue weighted by Crippen LogP contribution is -2.41. The zero-order valence-corrected chi connectivity index (χ0v) is 16.9. The maximum Gasteiger partial charge on any atom is 0.259 e. The zero-order chi connectivity index (χ0) is 20.5. The summed E-state index contributed by atoms with van der Waals surface area (Å²) in [5.41, 5.74) is 2.04. The van der Waals surface area contributed by atoms with Gasteiger partial charge in [0.2, 0.25) is 5.91 Å². The minimum Gasteiger partial charge on any atom is -0.497 e. The van der Waals surface area contributed by atoms with Crippen LogP contribution in [0.4, 0.5) is 5.69 Å². The number of fused-ring (bicyclic) bond motifs is 1. The van der Waals surface area contributed by atoms with E-state index in [-0.39, 0.29) is 24.3 Å². The van der Waals surface area contributed by atoms with E-state index in [1.54, 1.807) is 47.2 Å². The number of methoxy groups -OCH3 is 1. The topological polar surface area (TPSA) is 70.1 Å². The summed E-state index contributed by atoms with van der Waals surface area (Å²) >= 11 is 6.20. The second-order valence-electron chi connectivity index (χ2n) is 7.44. The number of halogens is 1. The summed E-state index contributed by atoms with van der Waals surface area (Å²) in [6.07, 6.45) is 0.989. The third-order valence-electron chi connectivity index (χ3n) is 5.67. The molecule has 2 heterocycles. The van der Waals surface area contributed by atoms with Gasteiger partial charge in [-0.05, 0) is 60.9 Å². The Bertz CT molecular complexity index is 923. The summed E-state index contributed by atoms with van der Waals surface area (Å²) in [6, 6.07) is 12.0. The summed E-state index contributed by atoms with van der Waals surface area (Å²) in [5, 5.41) is 10.2. The first-order chi connectivity index (χ1) is 14.0. The molecule has 0 bridgehead atoms. The van der Waals surface area contributed by atoms with Crippen LogP contribution in [0.25, 0.3) is 0 Å². The number of anilines is 1. The number of aliphatic hydroxyl groups is 1.